The standard InChI is InChI=1S/C15H16N6O3S/c1-24-9-12-5-2-3-6-13(12)10-25(22,23)20-15-18-11-19-21(15)14-16-7-4-8-17-14/h2-8,11H,9-10H2,1H3,(H,18,19,20). The van der Waals surface area contributed by atoms with Gasteiger partial charge in [-0.1, -0.05) is 24.3 Å². The molecule has 3 aromatic rings. The quantitative estimate of drug-likeness (QED) is 0.672. The number of hydrogen-bond donors (Lipinski definition) is 1. The first-order valence-electron chi connectivity index (χ1n) is 7.33. The summed E-state index contributed by atoms with van der Waals surface area (Å²) in [4.78, 5) is 12.0. The third-order valence-corrected chi connectivity index (χ3v) is 4.48. The van der Waals surface area contributed by atoms with Crippen LogP contribution in [0.25, 0.3) is 5.95 Å². The minimum absolute atomic E-state index is 0.0235. The molecular formula is C15H16N6O3S. The lowest BCUT2D eigenvalue weighted by molar-refractivity contribution is 0.184. The van der Waals surface area contributed by atoms with Gasteiger partial charge in [-0.25, -0.2) is 18.4 Å². The molecule has 0 bridgehead atoms. The van der Waals surface area contributed by atoms with Crippen LogP contribution in [0.2, 0.25) is 0 Å². The van der Waals surface area contributed by atoms with E-state index < -0.39 is 10.0 Å². The Labute approximate surface area is 144 Å². The largest absolute Gasteiger partial charge is 0.380 e. The van der Waals surface area contributed by atoms with Gasteiger partial charge in [-0.2, -0.15) is 14.8 Å². The van der Waals surface area contributed by atoms with Gasteiger partial charge < -0.3 is 4.74 Å². The van der Waals surface area contributed by atoms with Crippen molar-refractivity contribution in [2.24, 2.45) is 0 Å². The molecule has 1 aromatic carbocycles. The summed E-state index contributed by atoms with van der Waals surface area (Å²) in [5.74, 6) is 0.0302. The second-order valence-corrected chi connectivity index (χ2v) is 6.83. The van der Waals surface area contributed by atoms with Crippen molar-refractivity contribution in [2.45, 2.75) is 12.4 Å². The predicted octanol–water partition coefficient (Wildman–Crippen LogP) is 1.15. The first kappa shape index (κ1) is 17.0. The molecule has 0 aliphatic heterocycles. The van der Waals surface area contributed by atoms with Gasteiger partial charge in [-0.3, -0.25) is 4.72 Å². The van der Waals surface area contributed by atoms with Crippen LogP contribution in [0.4, 0.5) is 5.95 Å². The van der Waals surface area contributed by atoms with Crippen molar-refractivity contribution in [1.29, 1.82) is 0 Å². The fourth-order valence-corrected chi connectivity index (χ4v) is 3.41. The normalized spacial score (nSPS) is 11.4. The molecule has 9 nitrogen and oxygen atoms in total. The average molecular weight is 360 g/mol. The first-order valence-corrected chi connectivity index (χ1v) is 8.98. The topological polar surface area (TPSA) is 112 Å². The molecule has 0 radical (unpaired) electrons. The van der Waals surface area contributed by atoms with Gasteiger partial charge in [0, 0.05) is 19.5 Å². The summed E-state index contributed by atoms with van der Waals surface area (Å²) in [6.07, 6.45) is 4.29. The second-order valence-electron chi connectivity index (χ2n) is 5.11. The van der Waals surface area contributed by atoms with Crippen molar-refractivity contribution in [1.82, 2.24) is 24.7 Å². The zero-order chi connectivity index (χ0) is 17.7. The smallest absolute Gasteiger partial charge is 0.253 e. The third kappa shape index (κ3) is 4.17. The fraction of sp³-hybridized carbons (Fsp3) is 0.200. The fourth-order valence-electron chi connectivity index (χ4n) is 2.23. The number of rotatable bonds is 7. The number of nitrogens with zero attached hydrogens (tertiary/aromatic N) is 5. The Hall–Kier alpha value is -2.85. The van der Waals surface area contributed by atoms with E-state index in [4.69, 9.17) is 4.74 Å². The van der Waals surface area contributed by atoms with Crippen molar-refractivity contribution in [3.63, 3.8) is 0 Å². The maximum atomic E-state index is 12.5. The Bertz CT molecular complexity index is 943. The van der Waals surface area contributed by atoms with Crippen LogP contribution in [0.15, 0.2) is 49.1 Å². The molecule has 0 amide bonds. The summed E-state index contributed by atoms with van der Waals surface area (Å²) in [5.41, 5.74) is 1.46. The van der Waals surface area contributed by atoms with Crippen LogP contribution >= 0.6 is 0 Å². The Morgan fingerprint density at radius 2 is 1.80 bits per heavy atom. The van der Waals surface area contributed by atoms with E-state index in [0.29, 0.717) is 12.2 Å². The Balaban J connectivity index is 1.83. The van der Waals surface area contributed by atoms with Gasteiger partial charge in [0.2, 0.25) is 16.0 Å². The van der Waals surface area contributed by atoms with Gasteiger partial charge in [0.25, 0.3) is 5.95 Å². The third-order valence-electron chi connectivity index (χ3n) is 3.30. The van der Waals surface area contributed by atoms with Crippen LogP contribution < -0.4 is 4.72 Å². The lowest BCUT2D eigenvalue weighted by atomic mass is 10.1. The maximum Gasteiger partial charge on any atom is 0.253 e. The molecule has 130 valence electrons. The summed E-state index contributed by atoms with van der Waals surface area (Å²) < 4.78 is 33.8. The molecule has 0 unspecified atom stereocenters. The van der Waals surface area contributed by atoms with E-state index in [0.717, 1.165) is 5.56 Å². The molecule has 0 aliphatic carbocycles. The lowest BCUT2D eigenvalue weighted by Gasteiger charge is -2.11. The number of aromatic nitrogens is 5. The molecule has 0 saturated carbocycles. The molecular weight excluding hydrogens is 344 g/mol. The number of hydrogen-bond acceptors (Lipinski definition) is 7. The second kappa shape index (κ2) is 7.36. The van der Waals surface area contributed by atoms with Crippen LogP contribution in [0.3, 0.4) is 0 Å². The molecule has 2 heterocycles. The SMILES string of the molecule is COCc1ccccc1CS(=O)(=O)Nc1ncnn1-c1ncccn1. The van der Waals surface area contributed by atoms with Crippen molar-refractivity contribution >= 4 is 16.0 Å². The van der Waals surface area contributed by atoms with E-state index in [-0.39, 0.29) is 17.6 Å². The lowest BCUT2D eigenvalue weighted by Crippen LogP contribution is -2.19. The highest BCUT2D eigenvalue weighted by molar-refractivity contribution is 7.91. The molecule has 25 heavy (non-hydrogen) atoms. The van der Waals surface area contributed by atoms with E-state index in [9.17, 15) is 8.42 Å². The molecule has 0 atom stereocenters. The van der Waals surface area contributed by atoms with Gasteiger partial charge in [0.15, 0.2) is 0 Å². The summed E-state index contributed by atoms with van der Waals surface area (Å²) in [6.45, 7) is 0.333. The number of nitrogens with one attached hydrogen (secondary N) is 1. The molecule has 0 aliphatic rings. The number of methoxy groups -OCH3 is 1. The maximum absolute atomic E-state index is 12.5. The highest BCUT2D eigenvalue weighted by Crippen LogP contribution is 2.16. The van der Waals surface area contributed by atoms with Gasteiger partial charge in [-0.15, -0.1) is 0 Å². The number of sulfonamides is 1. The highest BCUT2D eigenvalue weighted by Gasteiger charge is 2.18. The minimum atomic E-state index is -3.71. The molecule has 3 rings (SSSR count). The Kier molecular flexibility index (Phi) is 5.00. The van der Waals surface area contributed by atoms with Crippen LogP contribution in [-0.2, 0) is 27.1 Å². The van der Waals surface area contributed by atoms with Crippen molar-refractivity contribution < 1.29 is 13.2 Å². The van der Waals surface area contributed by atoms with Crippen LogP contribution in [0.5, 0.6) is 0 Å². The molecule has 2 aromatic heterocycles. The minimum Gasteiger partial charge on any atom is -0.380 e. The molecule has 0 fully saturated rings. The Morgan fingerprint density at radius 3 is 2.52 bits per heavy atom. The summed E-state index contributed by atoms with van der Waals surface area (Å²) in [6, 6.07) is 8.84. The van der Waals surface area contributed by atoms with Crippen molar-refractivity contribution in [2.75, 3.05) is 11.8 Å². The van der Waals surface area contributed by atoms with E-state index in [1.54, 1.807) is 25.3 Å². The zero-order valence-electron chi connectivity index (χ0n) is 13.4. The van der Waals surface area contributed by atoms with E-state index in [2.05, 4.69) is 24.8 Å². The zero-order valence-corrected chi connectivity index (χ0v) is 14.2. The van der Waals surface area contributed by atoms with Crippen molar-refractivity contribution in [3.8, 4) is 5.95 Å². The highest BCUT2D eigenvalue weighted by atomic mass is 32.2. The van der Waals surface area contributed by atoms with Crippen LogP contribution in [-0.4, -0.2) is 40.3 Å². The van der Waals surface area contributed by atoms with Gasteiger partial charge in [0.1, 0.15) is 6.33 Å². The van der Waals surface area contributed by atoms with E-state index >= 15 is 0 Å². The van der Waals surface area contributed by atoms with E-state index in [1.807, 2.05) is 12.1 Å². The number of ether oxygens (including phenoxy) is 1. The van der Waals surface area contributed by atoms with E-state index in [1.165, 1.54) is 23.4 Å². The van der Waals surface area contributed by atoms with Gasteiger partial charge in [-0.05, 0) is 17.2 Å². The summed E-state index contributed by atoms with van der Waals surface area (Å²) in [5, 5.41) is 3.96. The molecule has 1 N–H and O–H groups in total. The van der Waals surface area contributed by atoms with Gasteiger partial charge in [0.05, 0.1) is 12.4 Å². The predicted molar refractivity (Wildman–Crippen MR) is 90.4 cm³/mol. The monoisotopic (exact) mass is 360 g/mol. The molecule has 0 spiro atoms. The summed E-state index contributed by atoms with van der Waals surface area (Å²) >= 11 is 0. The number of anilines is 1. The average Bonchev–Trinajstić information content (AvgIpc) is 3.04. The summed E-state index contributed by atoms with van der Waals surface area (Å²) in [7, 11) is -2.15. The first-order chi connectivity index (χ1) is 12.1. The number of benzene rings is 1. The van der Waals surface area contributed by atoms with Gasteiger partial charge >= 0.3 is 0 Å². The Morgan fingerprint density at radius 1 is 1.08 bits per heavy atom. The van der Waals surface area contributed by atoms with Crippen molar-refractivity contribution in [3.05, 3.63) is 60.2 Å². The van der Waals surface area contributed by atoms with Crippen LogP contribution in [0, 0.1) is 0 Å². The molecule has 10 heteroatoms. The van der Waals surface area contributed by atoms with Crippen LogP contribution in [0.1, 0.15) is 11.1 Å². The molecule has 0 saturated heterocycles.